The van der Waals surface area contributed by atoms with E-state index in [1.54, 1.807) is 23.1 Å². The summed E-state index contributed by atoms with van der Waals surface area (Å²) in [5, 5.41) is 0. The van der Waals surface area contributed by atoms with Crippen molar-refractivity contribution in [2.24, 2.45) is 5.73 Å². The molecule has 0 amide bonds. The van der Waals surface area contributed by atoms with E-state index in [0.717, 1.165) is 9.22 Å². The van der Waals surface area contributed by atoms with Crippen LogP contribution in [0.5, 0.6) is 0 Å². The second kappa shape index (κ2) is 3.20. The van der Waals surface area contributed by atoms with Gasteiger partial charge in [-0.05, 0) is 6.26 Å². The van der Waals surface area contributed by atoms with E-state index in [9.17, 15) is 0 Å². The number of thioether (sulfide) groups is 1. The van der Waals surface area contributed by atoms with Crippen molar-refractivity contribution in [3.05, 3.63) is 11.1 Å². The Labute approximate surface area is 62.5 Å². The van der Waals surface area contributed by atoms with E-state index < -0.39 is 0 Å². The van der Waals surface area contributed by atoms with Crippen LogP contribution in [0, 0.1) is 0 Å². The Morgan fingerprint density at radius 2 is 2.67 bits per heavy atom. The Hall–Kier alpha value is -0.0600. The van der Waals surface area contributed by atoms with Crippen molar-refractivity contribution < 1.29 is 0 Å². The summed E-state index contributed by atoms with van der Waals surface area (Å²) >= 11 is 3.32. The van der Waals surface area contributed by atoms with Gasteiger partial charge in [-0.3, -0.25) is 0 Å². The molecule has 0 saturated heterocycles. The van der Waals surface area contributed by atoms with Gasteiger partial charge in [-0.2, -0.15) is 0 Å². The molecule has 4 heteroatoms. The molecule has 0 atom stereocenters. The quantitative estimate of drug-likeness (QED) is 0.663. The average Bonchev–Trinajstić information content (AvgIpc) is 2.34. The second-order valence-electron chi connectivity index (χ2n) is 1.50. The first kappa shape index (κ1) is 7.05. The highest BCUT2D eigenvalue weighted by atomic mass is 32.2. The van der Waals surface area contributed by atoms with Crippen LogP contribution in [0.25, 0.3) is 0 Å². The molecule has 0 spiro atoms. The van der Waals surface area contributed by atoms with Crippen molar-refractivity contribution in [3.63, 3.8) is 0 Å². The lowest BCUT2D eigenvalue weighted by molar-refractivity contribution is 1.09. The molecule has 0 aromatic carbocycles. The van der Waals surface area contributed by atoms with Crippen molar-refractivity contribution in [1.82, 2.24) is 4.98 Å². The highest BCUT2D eigenvalue weighted by Gasteiger charge is 1.95. The second-order valence-corrected chi connectivity index (χ2v) is 3.67. The maximum absolute atomic E-state index is 5.38. The molecule has 0 radical (unpaired) electrons. The Bertz CT molecular complexity index is 166. The molecule has 2 N–H and O–H groups in total. The molecule has 9 heavy (non-hydrogen) atoms. The molecule has 50 valence electrons. The summed E-state index contributed by atoms with van der Waals surface area (Å²) in [6, 6.07) is 0. The van der Waals surface area contributed by atoms with Gasteiger partial charge >= 0.3 is 0 Å². The summed E-state index contributed by atoms with van der Waals surface area (Å²) in [5.74, 6) is 0. The van der Waals surface area contributed by atoms with Crippen molar-refractivity contribution in [1.29, 1.82) is 0 Å². The number of aromatic nitrogens is 1. The molecule has 1 aromatic rings. The fourth-order valence-corrected chi connectivity index (χ4v) is 1.81. The summed E-state index contributed by atoms with van der Waals surface area (Å²) in [6.07, 6.45) is 3.84. The van der Waals surface area contributed by atoms with Gasteiger partial charge in [0, 0.05) is 17.6 Å². The zero-order valence-electron chi connectivity index (χ0n) is 5.13. The van der Waals surface area contributed by atoms with E-state index in [0.29, 0.717) is 6.54 Å². The highest BCUT2D eigenvalue weighted by Crippen LogP contribution is 2.20. The molecule has 0 aliphatic heterocycles. The zero-order chi connectivity index (χ0) is 6.69. The summed E-state index contributed by atoms with van der Waals surface area (Å²) in [7, 11) is 0. The predicted molar refractivity (Wildman–Crippen MR) is 41.8 cm³/mol. The maximum atomic E-state index is 5.38. The molecule has 0 aliphatic carbocycles. The predicted octanol–water partition coefficient (Wildman–Crippen LogP) is 1.32. The molecule has 1 aromatic heterocycles. The van der Waals surface area contributed by atoms with Crippen LogP contribution in [0.3, 0.4) is 0 Å². The Morgan fingerprint density at radius 3 is 3.00 bits per heavy atom. The molecule has 1 heterocycles. The van der Waals surface area contributed by atoms with Gasteiger partial charge < -0.3 is 5.73 Å². The van der Waals surface area contributed by atoms with Crippen LogP contribution in [0.2, 0.25) is 0 Å². The molecule has 0 aliphatic rings. The smallest absolute Gasteiger partial charge is 0.149 e. The SMILES string of the molecule is CSc1ncc(CN)s1. The molecule has 0 unspecified atom stereocenters. The van der Waals surface area contributed by atoms with Crippen LogP contribution >= 0.6 is 23.1 Å². The lowest BCUT2D eigenvalue weighted by Gasteiger charge is -1.81. The summed E-state index contributed by atoms with van der Waals surface area (Å²) in [6.45, 7) is 0.609. The topological polar surface area (TPSA) is 38.9 Å². The largest absolute Gasteiger partial charge is 0.326 e. The van der Waals surface area contributed by atoms with Gasteiger partial charge in [0.1, 0.15) is 4.34 Å². The van der Waals surface area contributed by atoms with Crippen LogP contribution in [0.1, 0.15) is 4.88 Å². The lowest BCUT2D eigenvalue weighted by atomic mass is 10.6. The first-order valence-corrected chi connectivity index (χ1v) is 4.59. The van der Waals surface area contributed by atoms with E-state index in [-0.39, 0.29) is 0 Å². The van der Waals surface area contributed by atoms with Crippen molar-refractivity contribution in [2.45, 2.75) is 10.9 Å². The lowest BCUT2D eigenvalue weighted by Crippen LogP contribution is -1.91. The van der Waals surface area contributed by atoms with E-state index >= 15 is 0 Å². The third-order valence-corrected chi connectivity index (χ3v) is 2.93. The van der Waals surface area contributed by atoms with Crippen molar-refractivity contribution >= 4 is 23.1 Å². The van der Waals surface area contributed by atoms with Crippen molar-refractivity contribution in [3.8, 4) is 0 Å². The first-order chi connectivity index (χ1) is 4.36. The molecule has 0 saturated carbocycles. The van der Waals surface area contributed by atoms with Crippen LogP contribution in [0.15, 0.2) is 10.5 Å². The maximum Gasteiger partial charge on any atom is 0.149 e. The van der Waals surface area contributed by atoms with Gasteiger partial charge in [-0.1, -0.05) is 11.8 Å². The number of nitrogens with zero attached hydrogens (tertiary/aromatic N) is 1. The van der Waals surface area contributed by atoms with Gasteiger partial charge in [0.05, 0.1) is 0 Å². The number of hydrogen-bond acceptors (Lipinski definition) is 4. The first-order valence-electron chi connectivity index (χ1n) is 2.55. The summed E-state index contributed by atoms with van der Waals surface area (Å²) in [5.41, 5.74) is 5.38. The minimum absolute atomic E-state index is 0.609. The van der Waals surface area contributed by atoms with Crippen molar-refractivity contribution in [2.75, 3.05) is 6.26 Å². The minimum atomic E-state index is 0.609. The highest BCUT2D eigenvalue weighted by molar-refractivity contribution is 8.00. The fourth-order valence-electron chi connectivity index (χ4n) is 0.478. The number of thiazole rings is 1. The van der Waals surface area contributed by atoms with Crippen LogP contribution in [-0.2, 0) is 6.54 Å². The number of nitrogens with two attached hydrogens (primary N) is 1. The van der Waals surface area contributed by atoms with E-state index in [4.69, 9.17) is 5.73 Å². The van der Waals surface area contributed by atoms with E-state index in [2.05, 4.69) is 4.98 Å². The molecular formula is C5H8N2S2. The molecule has 0 bridgehead atoms. The Kier molecular flexibility index (Phi) is 2.50. The summed E-state index contributed by atoms with van der Waals surface area (Å²) < 4.78 is 1.09. The minimum Gasteiger partial charge on any atom is -0.326 e. The van der Waals surface area contributed by atoms with Gasteiger partial charge in [0.2, 0.25) is 0 Å². The monoisotopic (exact) mass is 160 g/mol. The number of rotatable bonds is 2. The number of hydrogen-bond donors (Lipinski definition) is 1. The van der Waals surface area contributed by atoms with Gasteiger partial charge in [0.25, 0.3) is 0 Å². The fraction of sp³-hybridized carbons (Fsp3) is 0.400. The Morgan fingerprint density at radius 1 is 1.89 bits per heavy atom. The van der Waals surface area contributed by atoms with Gasteiger partial charge in [-0.25, -0.2) is 4.98 Å². The van der Waals surface area contributed by atoms with E-state index in [1.165, 1.54) is 0 Å². The average molecular weight is 160 g/mol. The molecule has 1 rings (SSSR count). The molecular weight excluding hydrogens is 152 g/mol. The van der Waals surface area contributed by atoms with Gasteiger partial charge in [0.15, 0.2) is 0 Å². The molecule has 0 fully saturated rings. The van der Waals surface area contributed by atoms with Crippen LogP contribution in [0.4, 0.5) is 0 Å². The van der Waals surface area contributed by atoms with Crippen LogP contribution in [-0.4, -0.2) is 11.2 Å². The molecule has 2 nitrogen and oxygen atoms in total. The van der Waals surface area contributed by atoms with Crippen LogP contribution < -0.4 is 5.73 Å². The summed E-state index contributed by atoms with van der Waals surface area (Å²) in [4.78, 5) is 5.26. The third-order valence-electron chi connectivity index (χ3n) is 0.908. The van der Waals surface area contributed by atoms with E-state index in [1.807, 2.05) is 12.5 Å². The zero-order valence-corrected chi connectivity index (χ0v) is 6.76. The third kappa shape index (κ3) is 1.67. The Balaban J connectivity index is 2.74. The van der Waals surface area contributed by atoms with Gasteiger partial charge in [-0.15, -0.1) is 11.3 Å². The standard InChI is InChI=1S/C5H8N2S2/c1-8-5-7-3-4(2-6)9-5/h3H,2,6H2,1H3. The normalized spacial score (nSPS) is 10.0.